The Morgan fingerprint density at radius 2 is 2.17 bits per heavy atom. The summed E-state index contributed by atoms with van der Waals surface area (Å²) >= 11 is 0. The molecule has 0 saturated carbocycles. The Kier molecular flexibility index (Phi) is 2.88. The molecule has 0 unspecified atom stereocenters. The van der Waals surface area contributed by atoms with Gasteiger partial charge in [-0.3, -0.25) is 9.89 Å². The molecule has 94 valence electrons. The molecule has 0 radical (unpaired) electrons. The van der Waals surface area contributed by atoms with E-state index in [0.29, 0.717) is 11.5 Å². The molecule has 1 aliphatic heterocycles. The number of nitrogens with zero attached hydrogens (tertiary/aromatic N) is 2. The lowest BCUT2D eigenvalue weighted by Gasteiger charge is -2.25. The van der Waals surface area contributed by atoms with Gasteiger partial charge in [0.05, 0.1) is 6.26 Å². The van der Waals surface area contributed by atoms with Crippen LogP contribution in [0.3, 0.4) is 0 Å². The molecule has 18 heavy (non-hydrogen) atoms. The second-order valence-electron chi connectivity index (χ2n) is 4.50. The van der Waals surface area contributed by atoms with E-state index in [1.54, 1.807) is 12.3 Å². The van der Waals surface area contributed by atoms with Crippen molar-refractivity contribution in [3.05, 3.63) is 30.2 Å². The van der Waals surface area contributed by atoms with Crippen molar-refractivity contribution in [1.29, 1.82) is 0 Å². The lowest BCUT2D eigenvalue weighted by molar-refractivity contribution is 0.0718. The second kappa shape index (κ2) is 4.68. The predicted molar refractivity (Wildman–Crippen MR) is 66.0 cm³/mol. The fraction of sp³-hybridized carbons (Fsp3) is 0.385. The maximum Gasteiger partial charge on any atom is 0.274 e. The Morgan fingerprint density at radius 3 is 2.89 bits per heavy atom. The molecule has 1 N–H and O–H groups in total. The van der Waals surface area contributed by atoms with E-state index in [1.165, 1.54) is 6.42 Å². The van der Waals surface area contributed by atoms with Gasteiger partial charge in [-0.2, -0.15) is 5.10 Å². The largest absolute Gasteiger partial charge is 0.463 e. The molecule has 3 rings (SSSR count). The Balaban J connectivity index is 1.78. The maximum absolute atomic E-state index is 12.2. The van der Waals surface area contributed by atoms with Crippen molar-refractivity contribution in [2.45, 2.75) is 19.3 Å². The van der Waals surface area contributed by atoms with Gasteiger partial charge in [-0.05, 0) is 31.4 Å². The Bertz CT molecular complexity index is 524. The average molecular weight is 245 g/mol. The van der Waals surface area contributed by atoms with Gasteiger partial charge in [0.25, 0.3) is 5.91 Å². The van der Waals surface area contributed by atoms with E-state index in [-0.39, 0.29) is 5.91 Å². The fourth-order valence-corrected chi connectivity index (χ4v) is 2.25. The predicted octanol–water partition coefficient (Wildman–Crippen LogP) is 2.30. The van der Waals surface area contributed by atoms with E-state index in [2.05, 4.69) is 10.2 Å². The average Bonchev–Trinajstić information content (AvgIpc) is 3.09. The number of rotatable bonds is 2. The number of aromatic amines is 1. The Morgan fingerprint density at radius 1 is 1.33 bits per heavy atom. The minimum Gasteiger partial charge on any atom is -0.463 e. The molecule has 0 spiro atoms. The summed E-state index contributed by atoms with van der Waals surface area (Å²) in [5.74, 6) is 0.698. The summed E-state index contributed by atoms with van der Waals surface area (Å²) in [5.41, 5.74) is 1.20. The van der Waals surface area contributed by atoms with Crippen molar-refractivity contribution in [3.63, 3.8) is 0 Å². The summed E-state index contributed by atoms with van der Waals surface area (Å²) in [6, 6.07) is 5.39. The van der Waals surface area contributed by atoms with Gasteiger partial charge in [0.2, 0.25) is 0 Å². The molecule has 1 fully saturated rings. The number of carbonyl (C=O) groups is 1. The van der Waals surface area contributed by atoms with Gasteiger partial charge >= 0.3 is 0 Å². The van der Waals surface area contributed by atoms with Gasteiger partial charge in [-0.15, -0.1) is 0 Å². The summed E-state index contributed by atoms with van der Waals surface area (Å²) in [4.78, 5) is 14.1. The van der Waals surface area contributed by atoms with Crippen LogP contribution in [-0.2, 0) is 0 Å². The van der Waals surface area contributed by atoms with Crippen LogP contribution in [0.4, 0.5) is 0 Å². The molecule has 1 aliphatic rings. The molecular formula is C13H15N3O2. The van der Waals surface area contributed by atoms with Crippen LogP contribution in [0.5, 0.6) is 0 Å². The summed E-state index contributed by atoms with van der Waals surface area (Å²) < 4.78 is 5.26. The van der Waals surface area contributed by atoms with Crippen LogP contribution < -0.4 is 0 Å². The highest BCUT2D eigenvalue weighted by molar-refractivity contribution is 5.93. The van der Waals surface area contributed by atoms with Crippen LogP contribution in [0.15, 0.2) is 28.9 Å². The van der Waals surface area contributed by atoms with Gasteiger partial charge in [0.15, 0.2) is 11.5 Å². The third-order valence-corrected chi connectivity index (χ3v) is 3.23. The number of hydrogen-bond acceptors (Lipinski definition) is 3. The van der Waals surface area contributed by atoms with Crippen LogP contribution in [0.25, 0.3) is 11.5 Å². The number of amides is 1. The minimum absolute atomic E-state index is 0.00348. The van der Waals surface area contributed by atoms with Crippen molar-refractivity contribution in [2.75, 3.05) is 13.1 Å². The minimum atomic E-state index is 0.00348. The summed E-state index contributed by atoms with van der Waals surface area (Å²) in [7, 11) is 0. The highest BCUT2D eigenvalue weighted by Crippen LogP contribution is 2.19. The Labute approximate surface area is 105 Å². The SMILES string of the molecule is O=C(c1cc(-c2ccco2)[nH]n1)N1CCCCC1. The quantitative estimate of drug-likeness (QED) is 0.883. The molecule has 1 saturated heterocycles. The topological polar surface area (TPSA) is 62.1 Å². The molecule has 5 nitrogen and oxygen atoms in total. The van der Waals surface area contributed by atoms with Crippen molar-refractivity contribution < 1.29 is 9.21 Å². The third-order valence-electron chi connectivity index (χ3n) is 3.23. The molecule has 5 heteroatoms. The van der Waals surface area contributed by atoms with E-state index in [1.807, 2.05) is 17.0 Å². The summed E-state index contributed by atoms with van der Waals surface area (Å²) in [6.07, 6.45) is 4.98. The zero-order valence-corrected chi connectivity index (χ0v) is 10.1. The first-order chi connectivity index (χ1) is 8.84. The van der Waals surface area contributed by atoms with Crippen molar-refractivity contribution >= 4 is 5.91 Å². The monoisotopic (exact) mass is 245 g/mol. The number of likely N-dealkylation sites (tertiary alicyclic amines) is 1. The fourth-order valence-electron chi connectivity index (χ4n) is 2.25. The zero-order valence-electron chi connectivity index (χ0n) is 10.1. The van der Waals surface area contributed by atoms with Crippen molar-refractivity contribution in [2.24, 2.45) is 0 Å². The van der Waals surface area contributed by atoms with Crippen LogP contribution in [0.2, 0.25) is 0 Å². The molecular weight excluding hydrogens is 230 g/mol. The number of nitrogens with one attached hydrogen (secondary N) is 1. The first-order valence-corrected chi connectivity index (χ1v) is 6.23. The summed E-state index contributed by atoms with van der Waals surface area (Å²) in [5, 5.41) is 6.91. The number of hydrogen-bond donors (Lipinski definition) is 1. The zero-order chi connectivity index (χ0) is 12.4. The molecule has 0 aliphatic carbocycles. The number of piperidine rings is 1. The first-order valence-electron chi connectivity index (χ1n) is 6.23. The van der Waals surface area contributed by atoms with E-state index in [4.69, 9.17) is 4.42 Å². The van der Waals surface area contributed by atoms with Gasteiger partial charge in [-0.1, -0.05) is 0 Å². The lowest BCUT2D eigenvalue weighted by atomic mass is 10.1. The third kappa shape index (κ3) is 2.03. The van der Waals surface area contributed by atoms with E-state index in [0.717, 1.165) is 31.6 Å². The number of furan rings is 1. The number of aromatic nitrogens is 2. The molecule has 1 amide bonds. The molecule has 3 heterocycles. The van der Waals surface area contributed by atoms with Crippen LogP contribution in [-0.4, -0.2) is 34.1 Å². The van der Waals surface area contributed by atoms with Crippen LogP contribution in [0, 0.1) is 0 Å². The second-order valence-corrected chi connectivity index (χ2v) is 4.50. The normalized spacial score (nSPS) is 15.9. The molecule has 0 atom stereocenters. The smallest absolute Gasteiger partial charge is 0.274 e. The summed E-state index contributed by atoms with van der Waals surface area (Å²) in [6.45, 7) is 1.67. The Hall–Kier alpha value is -2.04. The molecule has 2 aromatic heterocycles. The van der Waals surface area contributed by atoms with Crippen molar-refractivity contribution in [3.8, 4) is 11.5 Å². The van der Waals surface area contributed by atoms with Crippen molar-refractivity contribution in [1.82, 2.24) is 15.1 Å². The molecule has 0 aromatic carbocycles. The highest BCUT2D eigenvalue weighted by Gasteiger charge is 2.21. The molecule has 0 bridgehead atoms. The first kappa shape index (κ1) is 11.1. The van der Waals surface area contributed by atoms with E-state index >= 15 is 0 Å². The van der Waals surface area contributed by atoms with E-state index in [9.17, 15) is 4.79 Å². The van der Waals surface area contributed by atoms with Crippen LogP contribution in [0.1, 0.15) is 29.8 Å². The van der Waals surface area contributed by atoms with Gasteiger partial charge in [-0.25, -0.2) is 0 Å². The number of H-pyrrole nitrogens is 1. The lowest BCUT2D eigenvalue weighted by Crippen LogP contribution is -2.35. The van der Waals surface area contributed by atoms with Gasteiger partial charge in [0.1, 0.15) is 5.69 Å². The van der Waals surface area contributed by atoms with Gasteiger partial charge < -0.3 is 9.32 Å². The molecule has 2 aromatic rings. The van der Waals surface area contributed by atoms with Gasteiger partial charge in [0, 0.05) is 19.2 Å². The maximum atomic E-state index is 12.2. The number of carbonyl (C=O) groups excluding carboxylic acids is 1. The van der Waals surface area contributed by atoms with E-state index < -0.39 is 0 Å². The highest BCUT2D eigenvalue weighted by atomic mass is 16.3. The standard InChI is InChI=1S/C13H15N3O2/c17-13(16-6-2-1-3-7-16)11-9-10(14-15-11)12-5-4-8-18-12/h4-5,8-9H,1-3,6-7H2,(H,14,15). The van der Waals surface area contributed by atoms with Crippen LogP contribution >= 0.6 is 0 Å².